The van der Waals surface area contributed by atoms with Crippen molar-refractivity contribution in [3.63, 3.8) is 0 Å². The monoisotopic (exact) mass is 607 g/mol. The molecule has 11 heteroatoms. The molecule has 1 amide bonds. The third-order valence-corrected chi connectivity index (χ3v) is 8.54. The molecule has 0 unspecified atom stereocenters. The lowest BCUT2D eigenvalue weighted by atomic mass is 9.88. The third-order valence-electron chi connectivity index (χ3n) is 6.85. The first-order valence-electron chi connectivity index (χ1n) is 12.6. The summed E-state index contributed by atoms with van der Waals surface area (Å²) in [5.74, 6) is -2.53. The zero-order valence-electron chi connectivity index (χ0n) is 21.8. The number of hydrogen-bond acceptors (Lipinski definition) is 5. The first-order chi connectivity index (χ1) is 18.9. The van der Waals surface area contributed by atoms with Gasteiger partial charge in [0.1, 0.15) is 24.1 Å². The minimum atomic E-state index is -3.85. The Morgan fingerprint density at radius 2 is 1.60 bits per heavy atom. The lowest BCUT2D eigenvalue weighted by molar-refractivity contribution is -0.184. The summed E-state index contributed by atoms with van der Waals surface area (Å²) in [6.45, 7) is 1.82. The molecule has 4 rings (SSSR count). The first-order valence-corrected chi connectivity index (χ1v) is 15.2. The first kappa shape index (κ1) is 30.0. The van der Waals surface area contributed by atoms with Crippen molar-refractivity contribution in [3.8, 4) is 0 Å². The summed E-state index contributed by atoms with van der Waals surface area (Å²) in [5, 5.41) is 11.2. The molecule has 0 radical (unpaired) electrons. The van der Waals surface area contributed by atoms with E-state index in [1.807, 2.05) is 6.92 Å². The summed E-state index contributed by atoms with van der Waals surface area (Å²) in [4.78, 5) is 27.7. The smallest absolute Gasteiger partial charge is 0.326 e. The molecule has 0 aromatic heterocycles. The number of amides is 1. The van der Waals surface area contributed by atoms with E-state index in [1.54, 1.807) is 48.5 Å². The van der Waals surface area contributed by atoms with Crippen LogP contribution in [0.15, 0.2) is 71.6 Å². The minimum absolute atomic E-state index is 0.177. The van der Waals surface area contributed by atoms with Crippen molar-refractivity contribution in [2.45, 2.75) is 55.4 Å². The van der Waals surface area contributed by atoms with E-state index in [-0.39, 0.29) is 23.3 Å². The molecule has 40 heavy (non-hydrogen) atoms. The number of ether oxygens (including phenoxy) is 1. The SMILES string of the molecule is CCC[C@H](C(=O)O)N1C(=O)[C@H](Cc2ccc(F)cc2S(C)(=O)=O)O[C@@H](c2ccc(Cl)cc2)[C@H]1c1ccc(Cl)cc1. The molecular formula is C29H28Cl2FNO6S. The van der Waals surface area contributed by atoms with E-state index in [2.05, 4.69) is 0 Å². The maximum atomic E-state index is 14.1. The molecule has 0 aliphatic carbocycles. The normalized spacial score (nSPS) is 20.4. The second-order valence-electron chi connectivity index (χ2n) is 9.71. The number of nitrogens with zero attached hydrogens (tertiary/aromatic N) is 1. The maximum Gasteiger partial charge on any atom is 0.326 e. The van der Waals surface area contributed by atoms with Crippen LogP contribution in [0.1, 0.15) is 48.6 Å². The fourth-order valence-corrected chi connectivity index (χ4v) is 6.25. The molecular weight excluding hydrogens is 580 g/mol. The number of sulfone groups is 1. The van der Waals surface area contributed by atoms with Gasteiger partial charge in [-0.2, -0.15) is 0 Å². The van der Waals surface area contributed by atoms with E-state index in [1.165, 1.54) is 11.0 Å². The zero-order chi connectivity index (χ0) is 29.2. The molecule has 1 saturated heterocycles. The predicted octanol–water partition coefficient (Wildman–Crippen LogP) is 6.04. The highest BCUT2D eigenvalue weighted by molar-refractivity contribution is 7.90. The summed E-state index contributed by atoms with van der Waals surface area (Å²) >= 11 is 12.3. The van der Waals surface area contributed by atoms with Crippen LogP contribution >= 0.6 is 23.2 Å². The van der Waals surface area contributed by atoms with Gasteiger partial charge in [0.2, 0.25) is 0 Å². The van der Waals surface area contributed by atoms with Gasteiger partial charge in [-0.15, -0.1) is 0 Å². The number of aliphatic carboxylic acids is 1. The Hall–Kier alpha value is -2.98. The molecule has 0 saturated carbocycles. The standard InChI is InChI=1S/C29H28Cl2FNO6S/c1-3-4-23(29(35)36)33-26(17-5-10-20(30)11-6-17)27(18-7-12-21(31)13-8-18)39-24(28(33)34)15-19-9-14-22(32)16-25(19)40(2,37)38/h5-14,16,23-24,26-27H,3-4,15H2,1-2H3,(H,35,36)/t23-,24+,26-,27+/m1/s1. The van der Waals surface area contributed by atoms with Crippen LogP contribution in [0.5, 0.6) is 0 Å². The molecule has 1 heterocycles. The highest BCUT2D eigenvalue weighted by Crippen LogP contribution is 2.44. The van der Waals surface area contributed by atoms with Crippen molar-refractivity contribution in [1.82, 2.24) is 4.90 Å². The Kier molecular flexibility index (Phi) is 9.19. The van der Waals surface area contributed by atoms with Crippen LogP contribution in [0.2, 0.25) is 10.0 Å². The van der Waals surface area contributed by atoms with Gasteiger partial charge in [-0.3, -0.25) is 4.79 Å². The lowest BCUT2D eigenvalue weighted by Crippen LogP contribution is -2.57. The second kappa shape index (κ2) is 12.3. The lowest BCUT2D eigenvalue weighted by Gasteiger charge is -2.47. The van der Waals surface area contributed by atoms with E-state index >= 15 is 0 Å². The van der Waals surface area contributed by atoms with Gasteiger partial charge < -0.3 is 14.7 Å². The number of hydrogen-bond donors (Lipinski definition) is 1. The summed E-state index contributed by atoms with van der Waals surface area (Å²) in [6, 6.07) is 14.8. The molecule has 4 atom stereocenters. The quantitative estimate of drug-likeness (QED) is 0.318. The largest absolute Gasteiger partial charge is 0.480 e. The Balaban J connectivity index is 1.89. The predicted molar refractivity (Wildman–Crippen MR) is 150 cm³/mol. The summed E-state index contributed by atoms with van der Waals surface area (Å²) in [5.41, 5.74) is 1.43. The van der Waals surface area contributed by atoms with Crippen molar-refractivity contribution < 1.29 is 32.2 Å². The van der Waals surface area contributed by atoms with Crippen LogP contribution in [-0.4, -0.2) is 48.7 Å². The Labute approximate surface area is 242 Å². The van der Waals surface area contributed by atoms with Gasteiger partial charge in [0.15, 0.2) is 9.84 Å². The molecule has 0 spiro atoms. The van der Waals surface area contributed by atoms with E-state index in [0.717, 1.165) is 18.4 Å². The number of carbonyl (C=O) groups is 2. The van der Waals surface area contributed by atoms with E-state index in [4.69, 9.17) is 27.9 Å². The number of rotatable bonds is 9. The average molecular weight is 609 g/mol. The molecule has 1 aliphatic heterocycles. The van der Waals surface area contributed by atoms with E-state index in [9.17, 15) is 27.5 Å². The molecule has 0 bridgehead atoms. The Morgan fingerprint density at radius 1 is 1.02 bits per heavy atom. The van der Waals surface area contributed by atoms with Gasteiger partial charge >= 0.3 is 5.97 Å². The van der Waals surface area contributed by atoms with Crippen LogP contribution in [0, 0.1) is 5.82 Å². The highest BCUT2D eigenvalue weighted by Gasteiger charge is 2.48. The van der Waals surface area contributed by atoms with Crippen molar-refractivity contribution in [2.24, 2.45) is 0 Å². The fraction of sp³-hybridized carbons (Fsp3) is 0.310. The molecule has 3 aromatic rings. The minimum Gasteiger partial charge on any atom is -0.480 e. The second-order valence-corrected chi connectivity index (χ2v) is 12.6. The summed E-state index contributed by atoms with van der Waals surface area (Å²) in [6.07, 6.45) is -0.697. The number of carboxylic acid groups (broad SMARTS) is 1. The number of halogens is 3. The number of morpholine rings is 1. The van der Waals surface area contributed by atoms with Crippen molar-refractivity contribution >= 4 is 44.9 Å². The van der Waals surface area contributed by atoms with Crippen LogP contribution in [0.4, 0.5) is 4.39 Å². The van der Waals surface area contributed by atoms with Gasteiger partial charge in [-0.25, -0.2) is 17.6 Å². The van der Waals surface area contributed by atoms with Crippen LogP contribution in [0.25, 0.3) is 0 Å². The van der Waals surface area contributed by atoms with Gasteiger partial charge in [0.25, 0.3) is 5.91 Å². The van der Waals surface area contributed by atoms with Crippen molar-refractivity contribution in [3.05, 3.63) is 99.3 Å². The number of carbonyl (C=O) groups excluding carboxylic acids is 1. The van der Waals surface area contributed by atoms with E-state index < -0.39 is 51.8 Å². The molecule has 1 aliphatic rings. The van der Waals surface area contributed by atoms with Crippen LogP contribution in [0.3, 0.4) is 0 Å². The number of benzene rings is 3. The average Bonchev–Trinajstić information content (AvgIpc) is 2.90. The van der Waals surface area contributed by atoms with Crippen molar-refractivity contribution in [2.75, 3.05) is 6.26 Å². The zero-order valence-corrected chi connectivity index (χ0v) is 24.1. The highest BCUT2D eigenvalue weighted by atomic mass is 35.5. The van der Waals surface area contributed by atoms with Gasteiger partial charge in [-0.05, 0) is 59.5 Å². The van der Waals surface area contributed by atoms with Gasteiger partial charge in [0.05, 0.1) is 10.9 Å². The van der Waals surface area contributed by atoms with Crippen molar-refractivity contribution in [1.29, 1.82) is 0 Å². The Morgan fingerprint density at radius 3 is 2.12 bits per heavy atom. The third kappa shape index (κ3) is 6.49. The fourth-order valence-electron chi connectivity index (χ4n) is 5.05. The molecule has 3 aromatic carbocycles. The maximum absolute atomic E-state index is 14.1. The van der Waals surface area contributed by atoms with Gasteiger partial charge in [0, 0.05) is 22.7 Å². The van der Waals surface area contributed by atoms with Gasteiger partial charge in [-0.1, -0.05) is 66.9 Å². The Bertz CT molecular complexity index is 1500. The molecule has 1 N–H and O–H groups in total. The van der Waals surface area contributed by atoms with E-state index in [0.29, 0.717) is 27.6 Å². The molecule has 212 valence electrons. The topological polar surface area (TPSA) is 101 Å². The van der Waals surface area contributed by atoms with Crippen LogP contribution in [-0.2, 0) is 30.6 Å². The summed E-state index contributed by atoms with van der Waals surface area (Å²) < 4.78 is 45.3. The molecule has 1 fully saturated rings. The summed E-state index contributed by atoms with van der Waals surface area (Å²) in [7, 11) is -3.85. The van der Waals surface area contributed by atoms with Crippen LogP contribution < -0.4 is 0 Å². The molecule has 7 nitrogen and oxygen atoms in total. The number of carboxylic acids is 1.